The minimum Gasteiger partial charge on any atom is -0.381 e. The van der Waals surface area contributed by atoms with Crippen molar-refractivity contribution in [2.24, 2.45) is 0 Å². The van der Waals surface area contributed by atoms with Crippen molar-refractivity contribution in [3.8, 4) is 6.07 Å². The number of hydrogen-bond donors (Lipinski definition) is 1. The maximum absolute atomic E-state index is 8.75. The van der Waals surface area contributed by atoms with Gasteiger partial charge < -0.3 is 15.0 Å². The molecule has 0 bridgehead atoms. The van der Waals surface area contributed by atoms with Gasteiger partial charge >= 0.3 is 0 Å². The first-order valence-corrected chi connectivity index (χ1v) is 6.51. The van der Waals surface area contributed by atoms with E-state index in [1.165, 1.54) is 0 Å². The highest BCUT2D eigenvalue weighted by atomic mass is 16.5. The number of nitriles is 1. The molecule has 5 nitrogen and oxygen atoms in total. The summed E-state index contributed by atoms with van der Waals surface area (Å²) in [5, 5.41) is 12.1. The molecule has 1 aliphatic heterocycles. The number of aromatic nitrogens is 1. The molecular formula is C14H20N4O. The first-order chi connectivity index (χ1) is 9.16. The van der Waals surface area contributed by atoms with Crippen LogP contribution in [-0.4, -0.2) is 49.3 Å². The monoisotopic (exact) mass is 260 g/mol. The van der Waals surface area contributed by atoms with Crippen LogP contribution in [0.25, 0.3) is 0 Å². The lowest BCUT2D eigenvalue weighted by molar-refractivity contribution is -0.000664. The van der Waals surface area contributed by atoms with E-state index in [-0.39, 0.29) is 5.54 Å². The fraction of sp³-hybridized carbons (Fsp3) is 0.571. The molecule has 0 aliphatic carbocycles. The average molecular weight is 260 g/mol. The molecule has 0 radical (unpaired) electrons. The maximum atomic E-state index is 8.75. The molecule has 1 N–H and O–H groups in total. The lowest BCUT2D eigenvalue weighted by Crippen LogP contribution is -2.53. The number of rotatable bonds is 4. The van der Waals surface area contributed by atoms with Crippen molar-refractivity contribution >= 4 is 5.82 Å². The fourth-order valence-corrected chi connectivity index (χ4v) is 2.35. The van der Waals surface area contributed by atoms with Gasteiger partial charge in [-0.25, -0.2) is 4.98 Å². The predicted molar refractivity (Wildman–Crippen MR) is 73.9 cm³/mol. The van der Waals surface area contributed by atoms with Gasteiger partial charge in [0.25, 0.3) is 0 Å². The number of nitrogens with one attached hydrogen (secondary N) is 1. The molecule has 0 aromatic carbocycles. The van der Waals surface area contributed by atoms with E-state index in [4.69, 9.17) is 10.00 Å². The largest absolute Gasteiger partial charge is 0.381 e. The molecule has 0 spiro atoms. The van der Waals surface area contributed by atoms with Crippen molar-refractivity contribution in [2.45, 2.75) is 18.4 Å². The molecule has 0 atom stereocenters. The highest BCUT2D eigenvalue weighted by Crippen LogP contribution is 2.26. The van der Waals surface area contributed by atoms with Crippen LogP contribution >= 0.6 is 0 Å². The van der Waals surface area contributed by atoms with E-state index in [0.29, 0.717) is 5.56 Å². The molecule has 2 heterocycles. The zero-order chi connectivity index (χ0) is 13.7. The SMILES string of the molecule is CN(C)C1(CNc2ccc(C#N)cn2)CCOCC1. The molecule has 2 rings (SSSR count). The lowest BCUT2D eigenvalue weighted by Gasteiger charge is -2.43. The molecule has 1 aliphatic rings. The summed E-state index contributed by atoms with van der Waals surface area (Å²) in [5.41, 5.74) is 0.701. The Morgan fingerprint density at radius 2 is 2.16 bits per heavy atom. The Kier molecular flexibility index (Phi) is 4.35. The maximum Gasteiger partial charge on any atom is 0.126 e. The number of anilines is 1. The van der Waals surface area contributed by atoms with Crippen LogP contribution in [0.15, 0.2) is 18.3 Å². The summed E-state index contributed by atoms with van der Waals surface area (Å²) in [6.07, 6.45) is 3.63. The van der Waals surface area contributed by atoms with Gasteiger partial charge in [0.15, 0.2) is 0 Å². The number of likely N-dealkylation sites (N-methyl/N-ethyl adjacent to an activating group) is 1. The van der Waals surface area contributed by atoms with Crippen LogP contribution in [0, 0.1) is 11.3 Å². The van der Waals surface area contributed by atoms with Crippen LogP contribution in [-0.2, 0) is 4.74 Å². The van der Waals surface area contributed by atoms with Crippen molar-refractivity contribution in [2.75, 3.05) is 39.2 Å². The van der Waals surface area contributed by atoms with Crippen LogP contribution in [0.1, 0.15) is 18.4 Å². The van der Waals surface area contributed by atoms with E-state index < -0.39 is 0 Å². The van der Waals surface area contributed by atoms with Crippen molar-refractivity contribution in [1.82, 2.24) is 9.88 Å². The number of ether oxygens (including phenoxy) is 1. The first-order valence-electron chi connectivity index (χ1n) is 6.51. The van der Waals surface area contributed by atoms with Gasteiger partial charge in [0.05, 0.1) is 5.56 Å². The average Bonchev–Trinajstić information content (AvgIpc) is 2.46. The van der Waals surface area contributed by atoms with Crippen LogP contribution < -0.4 is 5.32 Å². The van der Waals surface area contributed by atoms with Gasteiger partial charge in [-0.3, -0.25) is 0 Å². The fourth-order valence-electron chi connectivity index (χ4n) is 2.35. The Hall–Kier alpha value is -1.64. The highest BCUT2D eigenvalue weighted by molar-refractivity contribution is 5.39. The molecular weight excluding hydrogens is 240 g/mol. The minimum absolute atomic E-state index is 0.119. The molecule has 5 heteroatoms. The van der Waals surface area contributed by atoms with E-state index in [1.54, 1.807) is 12.3 Å². The zero-order valence-corrected chi connectivity index (χ0v) is 11.5. The van der Waals surface area contributed by atoms with Crippen molar-refractivity contribution < 1.29 is 4.74 Å². The van der Waals surface area contributed by atoms with E-state index >= 15 is 0 Å². The van der Waals surface area contributed by atoms with Gasteiger partial charge in [0.2, 0.25) is 0 Å². The Bertz CT molecular complexity index is 444. The van der Waals surface area contributed by atoms with Crippen LogP contribution in [0.3, 0.4) is 0 Å². The summed E-state index contributed by atoms with van der Waals surface area (Å²) in [4.78, 5) is 6.51. The molecule has 1 aromatic rings. The second-order valence-electron chi connectivity index (χ2n) is 5.13. The van der Waals surface area contributed by atoms with Gasteiger partial charge in [0.1, 0.15) is 11.9 Å². The topological polar surface area (TPSA) is 61.2 Å². The van der Waals surface area contributed by atoms with E-state index in [1.807, 2.05) is 6.07 Å². The number of hydrogen-bond acceptors (Lipinski definition) is 5. The Labute approximate surface area is 114 Å². The summed E-state index contributed by atoms with van der Waals surface area (Å²) in [7, 11) is 4.22. The van der Waals surface area contributed by atoms with Crippen molar-refractivity contribution in [3.63, 3.8) is 0 Å². The van der Waals surface area contributed by atoms with Gasteiger partial charge in [-0.15, -0.1) is 0 Å². The molecule has 1 saturated heterocycles. The normalized spacial score (nSPS) is 18.0. The van der Waals surface area contributed by atoms with Gasteiger partial charge in [0, 0.05) is 31.5 Å². The number of pyridine rings is 1. The summed E-state index contributed by atoms with van der Waals surface area (Å²) >= 11 is 0. The van der Waals surface area contributed by atoms with Crippen LogP contribution in [0.5, 0.6) is 0 Å². The lowest BCUT2D eigenvalue weighted by atomic mass is 9.88. The van der Waals surface area contributed by atoms with Gasteiger partial charge in [-0.05, 0) is 39.1 Å². The van der Waals surface area contributed by atoms with Crippen LogP contribution in [0.4, 0.5) is 5.82 Å². The van der Waals surface area contributed by atoms with Crippen LogP contribution in [0.2, 0.25) is 0 Å². The molecule has 0 amide bonds. The summed E-state index contributed by atoms with van der Waals surface area (Å²) < 4.78 is 5.45. The van der Waals surface area contributed by atoms with Gasteiger partial charge in [-0.2, -0.15) is 5.26 Å². The zero-order valence-electron chi connectivity index (χ0n) is 11.5. The summed E-state index contributed by atoms with van der Waals surface area (Å²) in [6, 6.07) is 5.70. The smallest absolute Gasteiger partial charge is 0.126 e. The second-order valence-corrected chi connectivity index (χ2v) is 5.13. The first kappa shape index (κ1) is 13.8. The quantitative estimate of drug-likeness (QED) is 0.888. The predicted octanol–water partition coefficient (Wildman–Crippen LogP) is 1.48. The van der Waals surface area contributed by atoms with E-state index in [2.05, 4.69) is 35.4 Å². The molecule has 0 saturated carbocycles. The summed E-state index contributed by atoms with van der Waals surface area (Å²) in [5.74, 6) is 0.812. The number of nitrogens with zero attached hydrogens (tertiary/aromatic N) is 3. The third kappa shape index (κ3) is 3.22. The van der Waals surface area contributed by atoms with Crippen molar-refractivity contribution in [1.29, 1.82) is 5.26 Å². The Balaban J connectivity index is 2.00. The Morgan fingerprint density at radius 1 is 1.42 bits per heavy atom. The van der Waals surface area contributed by atoms with Crippen molar-refractivity contribution in [3.05, 3.63) is 23.9 Å². The standard InChI is InChI=1S/C14H20N4O/c1-18(2)14(5-7-19-8-6-14)11-17-13-4-3-12(9-15)10-16-13/h3-4,10H,5-8,11H2,1-2H3,(H,16,17). The molecule has 1 fully saturated rings. The third-order valence-corrected chi connectivity index (χ3v) is 3.86. The molecule has 0 unspecified atom stereocenters. The molecule has 1 aromatic heterocycles. The highest BCUT2D eigenvalue weighted by Gasteiger charge is 2.34. The third-order valence-electron chi connectivity index (χ3n) is 3.86. The van der Waals surface area contributed by atoms with E-state index in [9.17, 15) is 0 Å². The van der Waals surface area contributed by atoms with E-state index in [0.717, 1.165) is 38.4 Å². The summed E-state index contributed by atoms with van der Waals surface area (Å²) in [6.45, 7) is 2.45. The molecule has 102 valence electrons. The Morgan fingerprint density at radius 3 is 2.68 bits per heavy atom. The molecule has 19 heavy (non-hydrogen) atoms. The van der Waals surface area contributed by atoms with Gasteiger partial charge in [-0.1, -0.05) is 0 Å². The second kappa shape index (κ2) is 6.00. The minimum atomic E-state index is 0.119.